The summed E-state index contributed by atoms with van der Waals surface area (Å²) in [7, 11) is -3.48. The van der Waals surface area contributed by atoms with Crippen molar-refractivity contribution in [2.75, 3.05) is 6.54 Å². The Morgan fingerprint density at radius 3 is 2.12 bits per heavy atom. The van der Waals surface area contributed by atoms with Crippen LogP contribution in [0.4, 0.5) is 0 Å². The van der Waals surface area contributed by atoms with E-state index in [2.05, 4.69) is 4.72 Å². The Morgan fingerprint density at radius 2 is 1.58 bits per heavy atom. The topological polar surface area (TPSA) is 46.2 Å². The van der Waals surface area contributed by atoms with E-state index in [9.17, 15) is 8.42 Å². The van der Waals surface area contributed by atoms with Crippen molar-refractivity contribution in [1.29, 1.82) is 0 Å². The lowest BCUT2D eigenvalue weighted by Gasteiger charge is -2.56. The van der Waals surface area contributed by atoms with Crippen LogP contribution in [0.3, 0.4) is 0 Å². The largest absolute Gasteiger partial charge is 0.240 e. The summed E-state index contributed by atoms with van der Waals surface area (Å²) in [5, 5.41) is 0.618. The number of benzene rings is 1. The maximum atomic E-state index is 12.9. The van der Waals surface area contributed by atoms with Gasteiger partial charge in [0, 0.05) is 11.6 Å². The lowest BCUT2D eigenvalue weighted by Crippen LogP contribution is -2.51. The van der Waals surface area contributed by atoms with Crippen LogP contribution >= 0.6 is 11.6 Å². The minimum atomic E-state index is -3.48. The molecule has 4 bridgehead atoms. The quantitative estimate of drug-likeness (QED) is 0.854. The zero-order valence-electron chi connectivity index (χ0n) is 14.4. The van der Waals surface area contributed by atoms with E-state index in [1.165, 1.54) is 38.5 Å². The van der Waals surface area contributed by atoms with Crippen LogP contribution in [0.2, 0.25) is 5.02 Å². The molecule has 0 unspecified atom stereocenters. The Hall–Kier alpha value is -0.580. The first kappa shape index (κ1) is 16.9. The van der Waals surface area contributed by atoms with Gasteiger partial charge in [0.05, 0.1) is 4.90 Å². The molecule has 3 nitrogen and oxygen atoms in total. The second kappa shape index (κ2) is 5.72. The molecule has 4 aliphatic carbocycles. The third-order valence-electron chi connectivity index (χ3n) is 6.55. The van der Waals surface area contributed by atoms with Crippen LogP contribution < -0.4 is 4.72 Å². The fourth-order valence-electron chi connectivity index (χ4n) is 5.88. The summed E-state index contributed by atoms with van der Waals surface area (Å²) in [4.78, 5) is 0.370. The number of halogens is 1. The SMILES string of the molecule is Cc1cc(S(=O)(=O)NCC23CC4CC(CC(C4)C2)C3)c(C)cc1Cl. The van der Waals surface area contributed by atoms with E-state index in [-0.39, 0.29) is 5.41 Å². The molecule has 4 saturated carbocycles. The maximum Gasteiger partial charge on any atom is 0.240 e. The van der Waals surface area contributed by atoms with Crippen LogP contribution in [0.5, 0.6) is 0 Å². The van der Waals surface area contributed by atoms with Crippen molar-refractivity contribution in [1.82, 2.24) is 4.72 Å². The number of sulfonamides is 1. The van der Waals surface area contributed by atoms with Crippen LogP contribution in [-0.4, -0.2) is 15.0 Å². The predicted molar refractivity (Wildman–Crippen MR) is 96.7 cm³/mol. The van der Waals surface area contributed by atoms with Gasteiger partial charge >= 0.3 is 0 Å². The molecule has 0 radical (unpaired) electrons. The summed E-state index contributed by atoms with van der Waals surface area (Å²) >= 11 is 6.11. The van der Waals surface area contributed by atoms with Gasteiger partial charge in [-0.1, -0.05) is 11.6 Å². The lowest BCUT2D eigenvalue weighted by atomic mass is 9.50. The molecule has 0 saturated heterocycles. The van der Waals surface area contributed by atoms with E-state index in [0.29, 0.717) is 22.0 Å². The summed E-state index contributed by atoms with van der Waals surface area (Å²) in [5.41, 5.74) is 1.72. The van der Waals surface area contributed by atoms with Crippen molar-refractivity contribution in [3.8, 4) is 0 Å². The molecule has 1 N–H and O–H groups in total. The molecule has 5 rings (SSSR count). The number of hydrogen-bond donors (Lipinski definition) is 1. The zero-order chi connectivity index (χ0) is 17.1. The highest BCUT2D eigenvalue weighted by Crippen LogP contribution is 2.59. The van der Waals surface area contributed by atoms with Gasteiger partial charge in [-0.15, -0.1) is 0 Å². The average Bonchev–Trinajstić information content (AvgIpc) is 2.48. The van der Waals surface area contributed by atoms with Crippen LogP contribution in [-0.2, 0) is 10.0 Å². The van der Waals surface area contributed by atoms with E-state index in [1.807, 2.05) is 13.8 Å². The monoisotopic (exact) mass is 367 g/mol. The fourth-order valence-corrected chi connectivity index (χ4v) is 7.56. The maximum absolute atomic E-state index is 12.9. The summed E-state index contributed by atoms with van der Waals surface area (Å²) in [6.07, 6.45) is 7.75. The van der Waals surface area contributed by atoms with Gasteiger partial charge in [-0.05, 0) is 98.8 Å². The van der Waals surface area contributed by atoms with Crippen LogP contribution in [0, 0.1) is 37.0 Å². The van der Waals surface area contributed by atoms with E-state index in [0.717, 1.165) is 23.3 Å². The number of nitrogens with one attached hydrogen (secondary N) is 1. The Kier molecular flexibility index (Phi) is 4.02. The van der Waals surface area contributed by atoms with Gasteiger partial charge in [0.15, 0.2) is 0 Å². The summed E-state index contributed by atoms with van der Waals surface area (Å²) in [6.45, 7) is 4.25. The molecule has 0 heterocycles. The van der Waals surface area contributed by atoms with Crippen LogP contribution in [0.15, 0.2) is 17.0 Å². The molecule has 1 aromatic carbocycles. The smallest absolute Gasteiger partial charge is 0.211 e. The van der Waals surface area contributed by atoms with E-state index >= 15 is 0 Å². The molecule has 0 amide bonds. The second-order valence-electron chi connectivity index (χ2n) is 8.61. The predicted octanol–water partition coefficient (Wildman–Crippen LogP) is 4.45. The summed E-state index contributed by atoms with van der Waals surface area (Å²) < 4.78 is 28.7. The van der Waals surface area contributed by atoms with Gasteiger partial charge in [0.1, 0.15) is 0 Å². The first-order chi connectivity index (χ1) is 11.3. The molecule has 1 aromatic rings. The minimum absolute atomic E-state index is 0.206. The van der Waals surface area contributed by atoms with E-state index in [4.69, 9.17) is 11.6 Å². The van der Waals surface area contributed by atoms with Gasteiger partial charge in [0.25, 0.3) is 0 Å². The fraction of sp³-hybridized carbons (Fsp3) is 0.684. The molecular weight excluding hydrogens is 342 g/mol. The van der Waals surface area contributed by atoms with Crippen molar-refractivity contribution in [3.63, 3.8) is 0 Å². The van der Waals surface area contributed by atoms with Gasteiger partial charge < -0.3 is 0 Å². The summed E-state index contributed by atoms with van der Waals surface area (Å²) in [6, 6.07) is 3.44. The number of rotatable bonds is 4. The molecule has 0 aromatic heterocycles. The highest BCUT2D eigenvalue weighted by atomic mass is 35.5. The lowest BCUT2D eigenvalue weighted by molar-refractivity contribution is -0.0487. The molecule has 4 aliphatic rings. The Morgan fingerprint density at radius 1 is 1.04 bits per heavy atom. The average molecular weight is 368 g/mol. The Labute approximate surface area is 150 Å². The third-order valence-corrected chi connectivity index (χ3v) is 8.50. The highest BCUT2D eigenvalue weighted by Gasteiger charge is 2.50. The van der Waals surface area contributed by atoms with E-state index in [1.54, 1.807) is 12.1 Å². The molecule has 4 fully saturated rings. The van der Waals surface area contributed by atoms with E-state index < -0.39 is 10.0 Å². The molecule has 5 heteroatoms. The van der Waals surface area contributed by atoms with Crippen molar-refractivity contribution in [2.24, 2.45) is 23.2 Å². The third kappa shape index (κ3) is 2.91. The number of hydrogen-bond acceptors (Lipinski definition) is 2. The van der Waals surface area contributed by atoms with Gasteiger partial charge in [-0.25, -0.2) is 13.1 Å². The molecule has 24 heavy (non-hydrogen) atoms. The first-order valence-corrected chi connectivity index (χ1v) is 10.9. The first-order valence-electron chi connectivity index (χ1n) is 9.03. The second-order valence-corrected chi connectivity index (χ2v) is 10.8. The Balaban J connectivity index is 1.54. The molecule has 132 valence electrons. The summed E-state index contributed by atoms with van der Waals surface area (Å²) in [5.74, 6) is 2.50. The highest BCUT2D eigenvalue weighted by molar-refractivity contribution is 7.89. The van der Waals surface area contributed by atoms with Gasteiger partial charge in [-0.3, -0.25) is 0 Å². The van der Waals surface area contributed by atoms with Gasteiger partial charge in [-0.2, -0.15) is 0 Å². The molecule has 0 spiro atoms. The van der Waals surface area contributed by atoms with Crippen molar-refractivity contribution in [2.45, 2.75) is 57.3 Å². The molecule has 0 atom stereocenters. The van der Waals surface area contributed by atoms with Crippen molar-refractivity contribution >= 4 is 21.6 Å². The standard InChI is InChI=1S/C19H26ClNO2S/c1-12-4-18(13(2)3-17(12)20)24(22,23)21-11-19-8-14-5-15(9-19)7-16(6-14)10-19/h3-4,14-16,21H,5-11H2,1-2H3. The normalized spacial score (nSPS) is 34.7. The molecular formula is C19H26ClNO2S. The minimum Gasteiger partial charge on any atom is -0.211 e. The molecule has 0 aliphatic heterocycles. The number of aryl methyl sites for hydroxylation is 2. The zero-order valence-corrected chi connectivity index (χ0v) is 16.0. The van der Waals surface area contributed by atoms with Crippen LogP contribution in [0.25, 0.3) is 0 Å². The van der Waals surface area contributed by atoms with Crippen molar-refractivity contribution < 1.29 is 8.42 Å². The van der Waals surface area contributed by atoms with Crippen LogP contribution in [0.1, 0.15) is 49.7 Å². The van der Waals surface area contributed by atoms with Crippen molar-refractivity contribution in [3.05, 3.63) is 28.3 Å². The Bertz CT molecular complexity index is 737. The van der Waals surface area contributed by atoms with Gasteiger partial charge in [0.2, 0.25) is 10.0 Å².